The molecule has 0 aromatic rings. The molecule has 5 heteroatoms. The van der Waals surface area contributed by atoms with Crippen LogP contribution in [-0.2, 0) is 4.79 Å². The van der Waals surface area contributed by atoms with Crippen LogP contribution in [0.25, 0.3) is 0 Å². The van der Waals surface area contributed by atoms with Gasteiger partial charge in [-0.15, -0.1) is 12.4 Å². The Hall–Kier alpha value is -0.350. The average molecular weight is 239 g/mol. The molecule has 1 unspecified atom stereocenters. The van der Waals surface area contributed by atoms with Crippen molar-refractivity contribution in [3.63, 3.8) is 0 Å². The van der Waals surface area contributed by atoms with Crippen molar-refractivity contribution in [1.82, 2.24) is 10.6 Å². The van der Waals surface area contributed by atoms with Gasteiger partial charge in [0.2, 0.25) is 5.67 Å². The topological polar surface area (TPSA) is 41.1 Å². The number of alkyl halides is 1. The minimum Gasteiger partial charge on any atom is -0.353 e. The zero-order valence-electron chi connectivity index (χ0n) is 9.52. The van der Waals surface area contributed by atoms with Crippen LogP contribution in [-0.4, -0.2) is 31.2 Å². The number of amides is 1. The average Bonchev–Trinajstić information content (AvgIpc) is 2.48. The molecular weight excluding hydrogens is 219 g/mol. The molecule has 3 nitrogen and oxygen atoms in total. The summed E-state index contributed by atoms with van der Waals surface area (Å²) < 4.78 is 13.8. The molecule has 1 heterocycles. The number of hydrogen-bond acceptors (Lipinski definition) is 2. The van der Waals surface area contributed by atoms with E-state index in [1.165, 1.54) is 0 Å². The second-order valence-electron chi connectivity index (χ2n) is 5.14. The molecule has 90 valence electrons. The van der Waals surface area contributed by atoms with Crippen molar-refractivity contribution in [2.24, 2.45) is 5.41 Å². The van der Waals surface area contributed by atoms with E-state index in [-0.39, 0.29) is 30.8 Å². The second kappa shape index (κ2) is 5.12. The van der Waals surface area contributed by atoms with Gasteiger partial charge in [-0.3, -0.25) is 4.79 Å². The zero-order chi connectivity index (χ0) is 10.8. The van der Waals surface area contributed by atoms with Gasteiger partial charge in [-0.25, -0.2) is 4.39 Å². The molecule has 0 aromatic heterocycles. The van der Waals surface area contributed by atoms with Crippen LogP contribution >= 0.6 is 12.4 Å². The van der Waals surface area contributed by atoms with Gasteiger partial charge in [-0.05, 0) is 12.0 Å². The Kier molecular flexibility index (Phi) is 5.00. The van der Waals surface area contributed by atoms with Crippen LogP contribution in [0.1, 0.15) is 27.2 Å². The molecule has 15 heavy (non-hydrogen) atoms. The number of carbonyl (C=O) groups excluding carboxylic acids is 1. The van der Waals surface area contributed by atoms with Crippen molar-refractivity contribution in [2.45, 2.75) is 32.9 Å². The third-order valence-corrected chi connectivity index (χ3v) is 2.29. The van der Waals surface area contributed by atoms with E-state index < -0.39 is 11.6 Å². The van der Waals surface area contributed by atoms with Crippen LogP contribution < -0.4 is 10.6 Å². The van der Waals surface area contributed by atoms with Crippen molar-refractivity contribution >= 4 is 18.3 Å². The summed E-state index contributed by atoms with van der Waals surface area (Å²) in [4.78, 5) is 11.5. The Labute approximate surface area is 96.6 Å². The maximum atomic E-state index is 13.8. The monoisotopic (exact) mass is 238 g/mol. The fourth-order valence-corrected chi connectivity index (χ4v) is 1.36. The summed E-state index contributed by atoms with van der Waals surface area (Å²) >= 11 is 0. The van der Waals surface area contributed by atoms with Gasteiger partial charge in [0.05, 0.1) is 0 Å². The largest absolute Gasteiger partial charge is 0.353 e. The van der Waals surface area contributed by atoms with Gasteiger partial charge in [0.15, 0.2) is 0 Å². The molecule has 0 radical (unpaired) electrons. The molecule has 1 aliphatic rings. The van der Waals surface area contributed by atoms with Crippen molar-refractivity contribution in [3.8, 4) is 0 Å². The molecule has 0 spiro atoms. The van der Waals surface area contributed by atoms with Gasteiger partial charge in [0.1, 0.15) is 0 Å². The Bertz CT molecular complexity index is 222. The summed E-state index contributed by atoms with van der Waals surface area (Å²) in [7, 11) is 0. The third-order valence-electron chi connectivity index (χ3n) is 2.29. The van der Waals surface area contributed by atoms with Gasteiger partial charge in [-0.2, -0.15) is 0 Å². The maximum Gasteiger partial charge on any atom is 0.259 e. The normalized spacial score (nSPS) is 25.9. The van der Waals surface area contributed by atoms with Gasteiger partial charge in [0, 0.05) is 19.5 Å². The van der Waals surface area contributed by atoms with Crippen LogP contribution in [0.2, 0.25) is 0 Å². The van der Waals surface area contributed by atoms with Crippen LogP contribution in [0.15, 0.2) is 0 Å². The lowest BCUT2D eigenvalue weighted by molar-refractivity contribution is -0.132. The van der Waals surface area contributed by atoms with Crippen LogP contribution in [0.5, 0.6) is 0 Å². The summed E-state index contributed by atoms with van der Waals surface area (Å²) in [6.45, 7) is 7.25. The molecule has 1 amide bonds. The highest BCUT2D eigenvalue weighted by molar-refractivity contribution is 5.86. The highest BCUT2D eigenvalue weighted by Crippen LogP contribution is 2.20. The molecule has 0 bridgehead atoms. The SMILES string of the molecule is CC(C)(C)CNC(=O)C1(F)CCNC1.Cl. The lowest BCUT2D eigenvalue weighted by Gasteiger charge is -2.23. The highest BCUT2D eigenvalue weighted by Gasteiger charge is 2.41. The van der Waals surface area contributed by atoms with E-state index in [1.807, 2.05) is 20.8 Å². The molecule has 1 rings (SSSR count). The van der Waals surface area contributed by atoms with E-state index in [4.69, 9.17) is 0 Å². The molecule has 0 saturated carbocycles. The molecule has 1 aliphatic heterocycles. The predicted octanol–water partition coefficient (Wildman–Crippen LogP) is 1.27. The molecule has 2 N–H and O–H groups in total. The Morgan fingerprint density at radius 1 is 1.53 bits per heavy atom. The van der Waals surface area contributed by atoms with E-state index >= 15 is 0 Å². The summed E-state index contributed by atoms with van der Waals surface area (Å²) in [5, 5.41) is 5.51. The number of nitrogens with one attached hydrogen (secondary N) is 2. The standard InChI is InChI=1S/C10H19FN2O.ClH/c1-9(2,3)6-13-8(14)10(11)4-5-12-7-10;/h12H,4-7H2,1-3H3,(H,13,14);1H. The minimum absolute atomic E-state index is 0. The molecule has 1 fully saturated rings. The summed E-state index contributed by atoms with van der Waals surface area (Å²) in [6.07, 6.45) is 0.281. The molecule has 1 saturated heterocycles. The Balaban J connectivity index is 0.00000196. The van der Waals surface area contributed by atoms with Crippen LogP contribution in [0.3, 0.4) is 0 Å². The van der Waals surface area contributed by atoms with E-state index in [0.29, 0.717) is 13.1 Å². The summed E-state index contributed by atoms with van der Waals surface area (Å²) in [5.74, 6) is -0.475. The fourth-order valence-electron chi connectivity index (χ4n) is 1.36. The summed E-state index contributed by atoms with van der Waals surface area (Å²) in [6, 6.07) is 0. The number of hydrogen-bond donors (Lipinski definition) is 2. The van der Waals surface area contributed by atoms with E-state index in [1.54, 1.807) is 0 Å². The van der Waals surface area contributed by atoms with Gasteiger partial charge < -0.3 is 10.6 Å². The first kappa shape index (κ1) is 14.6. The van der Waals surface area contributed by atoms with Gasteiger partial charge in [-0.1, -0.05) is 20.8 Å². The zero-order valence-corrected chi connectivity index (χ0v) is 10.3. The van der Waals surface area contributed by atoms with Crippen molar-refractivity contribution in [1.29, 1.82) is 0 Å². The van der Waals surface area contributed by atoms with Crippen molar-refractivity contribution in [2.75, 3.05) is 19.6 Å². The number of rotatable bonds is 2. The van der Waals surface area contributed by atoms with E-state index in [0.717, 1.165) is 0 Å². The van der Waals surface area contributed by atoms with E-state index in [2.05, 4.69) is 10.6 Å². The minimum atomic E-state index is -1.69. The first-order valence-electron chi connectivity index (χ1n) is 5.01. The van der Waals surface area contributed by atoms with Gasteiger partial charge in [0.25, 0.3) is 5.91 Å². The smallest absolute Gasteiger partial charge is 0.259 e. The first-order chi connectivity index (χ1) is 6.33. The van der Waals surface area contributed by atoms with E-state index in [9.17, 15) is 9.18 Å². The lowest BCUT2D eigenvalue weighted by Crippen LogP contribution is -2.47. The third kappa shape index (κ3) is 4.34. The molecule has 0 aromatic carbocycles. The fraction of sp³-hybridized carbons (Fsp3) is 0.900. The lowest BCUT2D eigenvalue weighted by atomic mass is 9.96. The maximum absolute atomic E-state index is 13.8. The molecule has 0 aliphatic carbocycles. The highest BCUT2D eigenvalue weighted by atomic mass is 35.5. The van der Waals surface area contributed by atoms with Crippen LogP contribution in [0.4, 0.5) is 4.39 Å². The number of carbonyl (C=O) groups is 1. The van der Waals surface area contributed by atoms with Gasteiger partial charge >= 0.3 is 0 Å². The Morgan fingerprint density at radius 3 is 2.53 bits per heavy atom. The second-order valence-corrected chi connectivity index (χ2v) is 5.14. The van der Waals surface area contributed by atoms with Crippen molar-refractivity contribution < 1.29 is 9.18 Å². The molecular formula is C10H20ClFN2O. The number of halogens is 2. The molecule has 1 atom stereocenters. The predicted molar refractivity (Wildman–Crippen MR) is 61.0 cm³/mol. The summed E-state index contributed by atoms with van der Waals surface area (Å²) in [5.41, 5.74) is -1.69. The quantitative estimate of drug-likeness (QED) is 0.761. The Morgan fingerprint density at radius 2 is 2.13 bits per heavy atom. The van der Waals surface area contributed by atoms with Crippen molar-refractivity contribution in [3.05, 3.63) is 0 Å². The first-order valence-corrected chi connectivity index (χ1v) is 5.01. The van der Waals surface area contributed by atoms with Crippen LogP contribution in [0, 0.1) is 5.41 Å².